The smallest absolute Gasteiger partial charge is 0.335 e. The van der Waals surface area contributed by atoms with E-state index in [4.69, 9.17) is 5.11 Å². The molecule has 0 amide bonds. The van der Waals surface area contributed by atoms with Crippen LogP contribution in [-0.2, 0) is 0 Å². The number of nitrogens with zero attached hydrogens (tertiary/aromatic N) is 1. The van der Waals surface area contributed by atoms with Gasteiger partial charge in [0.2, 0.25) is 0 Å². The molecule has 2 aromatic rings. The fourth-order valence-corrected chi connectivity index (χ4v) is 1.88. The molecule has 1 fully saturated rings. The first-order chi connectivity index (χ1) is 7.24. The Morgan fingerprint density at radius 1 is 1.27 bits per heavy atom. The largest absolute Gasteiger partial charge is 0.478 e. The summed E-state index contributed by atoms with van der Waals surface area (Å²) in [7, 11) is 0. The van der Waals surface area contributed by atoms with Crippen LogP contribution in [0.1, 0.15) is 29.2 Å². The van der Waals surface area contributed by atoms with E-state index in [0.717, 1.165) is 10.8 Å². The summed E-state index contributed by atoms with van der Waals surface area (Å²) in [4.78, 5) is 10.8. The van der Waals surface area contributed by atoms with Crippen molar-refractivity contribution in [3.05, 3.63) is 36.2 Å². The number of carbonyl (C=O) groups is 1. The predicted molar refractivity (Wildman–Crippen MR) is 57.2 cm³/mol. The van der Waals surface area contributed by atoms with Crippen LogP contribution in [0.2, 0.25) is 0 Å². The molecular weight excluding hydrogens is 190 g/mol. The first-order valence-electron chi connectivity index (χ1n) is 5.08. The number of carboxylic acids is 1. The van der Waals surface area contributed by atoms with Gasteiger partial charge in [0.1, 0.15) is 0 Å². The van der Waals surface area contributed by atoms with Crippen LogP contribution in [-0.4, -0.2) is 15.6 Å². The van der Waals surface area contributed by atoms with Crippen LogP contribution >= 0.6 is 0 Å². The van der Waals surface area contributed by atoms with Crippen LogP contribution in [0.25, 0.3) is 10.8 Å². The van der Waals surface area contributed by atoms with Gasteiger partial charge in [0.15, 0.2) is 0 Å². The van der Waals surface area contributed by atoms with E-state index in [1.807, 2.05) is 12.3 Å². The van der Waals surface area contributed by atoms with Gasteiger partial charge in [-0.05, 0) is 30.4 Å². The maximum atomic E-state index is 10.8. The molecule has 1 N–H and O–H groups in total. The van der Waals surface area contributed by atoms with Crippen molar-refractivity contribution in [3.8, 4) is 0 Å². The number of aromatic carboxylic acids is 1. The molecule has 3 rings (SSSR count). The zero-order chi connectivity index (χ0) is 10.4. The lowest BCUT2D eigenvalue weighted by Crippen LogP contribution is -1.94. The van der Waals surface area contributed by atoms with Crippen LogP contribution < -0.4 is 0 Å². The highest BCUT2D eigenvalue weighted by Crippen LogP contribution is 2.36. The highest BCUT2D eigenvalue weighted by Gasteiger charge is 2.23. The van der Waals surface area contributed by atoms with E-state index in [1.54, 1.807) is 12.1 Å². The predicted octanol–water partition coefficient (Wildman–Crippen LogP) is 2.67. The quantitative estimate of drug-likeness (QED) is 0.811. The number of hydrogen-bond donors (Lipinski definition) is 1. The lowest BCUT2D eigenvalue weighted by atomic mass is 10.1. The third kappa shape index (κ3) is 1.40. The van der Waals surface area contributed by atoms with Gasteiger partial charge in [0.05, 0.1) is 5.56 Å². The van der Waals surface area contributed by atoms with Crippen molar-refractivity contribution >= 4 is 16.7 Å². The zero-order valence-electron chi connectivity index (χ0n) is 8.18. The molecule has 0 spiro atoms. The normalized spacial score (nSPS) is 15.7. The van der Waals surface area contributed by atoms with Crippen LogP contribution in [0.4, 0.5) is 0 Å². The minimum absolute atomic E-state index is 0.357. The van der Waals surface area contributed by atoms with E-state index < -0.39 is 5.97 Å². The van der Waals surface area contributed by atoms with Gasteiger partial charge >= 0.3 is 5.97 Å². The Labute approximate surface area is 86.9 Å². The van der Waals surface area contributed by atoms with E-state index in [1.165, 1.54) is 12.8 Å². The average Bonchev–Trinajstić information content (AvgIpc) is 2.97. The highest BCUT2D eigenvalue weighted by molar-refractivity contribution is 5.94. The van der Waals surface area contributed by atoms with Gasteiger partial charge in [-0.3, -0.25) is 0 Å². The number of carboxylic acid groups (broad SMARTS) is 1. The van der Waals surface area contributed by atoms with E-state index in [9.17, 15) is 4.79 Å². The molecule has 0 unspecified atom stereocenters. The third-order valence-electron chi connectivity index (χ3n) is 2.88. The van der Waals surface area contributed by atoms with Crippen LogP contribution in [0.15, 0.2) is 30.6 Å². The topological polar surface area (TPSA) is 42.2 Å². The van der Waals surface area contributed by atoms with Crippen molar-refractivity contribution in [1.82, 2.24) is 4.57 Å². The molecule has 0 bridgehead atoms. The summed E-state index contributed by atoms with van der Waals surface area (Å²) >= 11 is 0. The minimum Gasteiger partial charge on any atom is -0.478 e. The molecule has 1 aliphatic carbocycles. The minimum atomic E-state index is -0.865. The lowest BCUT2D eigenvalue weighted by molar-refractivity contribution is 0.0697. The molecule has 1 aromatic carbocycles. The molecule has 3 nitrogen and oxygen atoms in total. The Balaban J connectivity index is 2.13. The summed E-state index contributed by atoms with van der Waals surface area (Å²) < 4.78 is 2.19. The molecule has 1 saturated carbocycles. The van der Waals surface area contributed by atoms with Gasteiger partial charge in [-0.15, -0.1) is 0 Å². The molecule has 1 aromatic heterocycles. The van der Waals surface area contributed by atoms with Crippen molar-refractivity contribution in [3.63, 3.8) is 0 Å². The molecule has 76 valence electrons. The molecule has 1 heterocycles. The van der Waals surface area contributed by atoms with Crippen molar-refractivity contribution < 1.29 is 9.90 Å². The van der Waals surface area contributed by atoms with E-state index in [2.05, 4.69) is 10.8 Å². The number of fused-ring (bicyclic) bond motifs is 1. The van der Waals surface area contributed by atoms with Gasteiger partial charge < -0.3 is 9.67 Å². The number of hydrogen-bond acceptors (Lipinski definition) is 1. The standard InChI is InChI=1S/C12H11NO2/c14-12(15)8-1-2-9-6-13(11-3-4-11)7-10(9)5-8/h1-2,5-7,11H,3-4H2,(H,14,15). The van der Waals surface area contributed by atoms with Crippen LogP contribution in [0, 0.1) is 0 Å². The first kappa shape index (κ1) is 8.53. The Morgan fingerprint density at radius 2 is 2.00 bits per heavy atom. The van der Waals surface area contributed by atoms with Gasteiger partial charge in [-0.1, -0.05) is 6.07 Å². The number of rotatable bonds is 2. The maximum absolute atomic E-state index is 10.8. The summed E-state index contributed by atoms with van der Waals surface area (Å²) in [6.07, 6.45) is 6.62. The first-order valence-corrected chi connectivity index (χ1v) is 5.08. The molecule has 0 atom stereocenters. The molecule has 0 saturated heterocycles. The monoisotopic (exact) mass is 201 g/mol. The molecule has 0 aliphatic heterocycles. The lowest BCUT2D eigenvalue weighted by Gasteiger charge is -1.94. The number of aromatic nitrogens is 1. The summed E-state index contributed by atoms with van der Waals surface area (Å²) in [5.74, 6) is -0.865. The second kappa shape index (κ2) is 2.86. The van der Waals surface area contributed by atoms with Crippen LogP contribution in [0.5, 0.6) is 0 Å². The fourth-order valence-electron chi connectivity index (χ4n) is 1.88. The SMILES string of the molecule is O=C(O)c1ccc2cn(C3CC3)cc2c1. The van der Waals surface area contributed by atoms with E-state index in [0.29, 0.717) is 11.6 Å². The van der Waals surface area contributed by atoms with Gasteiger partial charge in [0.25, 0.3) is 0 Å². The van der Waals surface area contributed by atoms with Crippen molar-refractivity contribution in [2.24, 2.45) is 0 Å². The molecule has 1 aliphatic rings. The Bertz CT molecular complexity index is 538. The second-order valence-electron chi connectivity index (χ2n) is 4.09. The van der Waals surface area contributed by atoms with Crippen LogP contribution in [0.3, 0.4) is 0 Å². The van der Waals surface area contributed by atoms with Gasteiger partial charge in [-0.2, -0.15) is 0 Å². The number of benzene rings is 1. The maximum Gasteiger partial charge on any atom is 0.335 e. The zero-order valence-corrected chi connectivity index (χ0v) is 8.18. The van der Waals surface area contributed by atoms with Crippen molar-refractivity contribution in [2.75, 3.05) is 0 Å². The van der Waals surface area contributed by atoms with Gasteiger partial charge in [0, 0.05) is 23.8 Å². The fraction of sp³-hybridized carbons (Fsp3) is 0.250. The Kier molecular flexibility index (Phi) is 1.63. The highest BCUT2D eigenvalue weighted by atomic mass is 16.4. The molecule has 0 radical (unpaired) electrons. The summed E-state index contributed by atoms with van der Waals surface area (Å²) in [6, 6.07) is 5.90. The average molecular weight is 201 g/mol. The van der Waals surface area contributed by atoms with Crippen molar-refractivity contribution in [2.45, 2.75) is 18.9 Å². The van der Waals surface area contributed by atoms with Crippen molar-refractivity contribution in [1.29, 1.82) is 0 Å². The van der Waals surface area contributed by atoms with E-state index in [-0.39, 0.29) is 0 Å². The summed E-state index contributed by atoms with van der Waals surface area (Å²) in [6.45, 7) is 0. The molecule has 3 heteroatoms. The second-order valence-corrected chi connectivity index (χ2v) is 4.09. The Morgan fingerprint density at radius 3 is 2.67 bits per heavy atom. The Hall–Kier alpha value is -1.77. The van der Waals surface area contributed by atoms with E-state index >= 15 is 0 Å². The molecule has 15 heavy (non-hydrogen) atoms. The summed E-state index contributed by atoms with van der Waals surface area (Å²) in [5.41, 5.74) is 0.357. The third-order valence-corrected chi connectivity index (χ3v) is 2.88. The molecular formula is C12H11NO2. The summed E-state index contributed by atoms with van der Waals surface area (Å²) in [5, 5.41) is 11.0. The van der Waals surface area contributed by atoms with Gasteiger partial charge in [-0.25, -0.2) is 4.79 Å².